The maximum atomic E-state index is 12.9. The summed E-state index contributed by atoms with van der Waals surface area (Å²) in [6, 6.07) is 5.49. The molecule has 0 aromatic heterocycles. The van der Waals surface area contributed by atoms with Gasteiger partial charge in [0.1, 0.15) is 5.82 Å². The number of hydrogen-bond acceptors (Lipinski definition) is 3. The first kappa shape index (κ1) is 17.9. The Labute approximate surface area is 137 Å². The molecule has 2 rings (SSSR count). The fraction of sp³-hybridized carbons (Fsp3) is 0.562. The third-order valence-electron chi connectivity index (χ3n) is 3.92. The normalized spacial score (nSPS) is 17.3. The molecule has 1 aromatic rings. The van der Waals surface area contributed by atoms with E-state index in [9.17, 15) is 17.6 Å². The van der Waals surface area contributed by atoms with E-state index in [1.54, 1.807) is 4.90 Å². The van der Waals surface area contributed by atoms with Crippen LogP contribution in [0.1, 0.15) is 25.8 Å². The summed E-state index contributed by atoms with van der Waals surface area (Å²) in [5, 5.41) is 0. The van der Waals surface area contributed by atoms with Crippen molar-refractivity contribution in [3.05, 3.63) is 35.6 Å². The first-order valence-corrected chi connectivity index (χ1v) is 9.41. The number of nitrogens with zero attached hydrogens (tertiary/aromatic N) is 2. The summed E-state index contributed by atoms with van der Waals surface area (Å²) in [7, 11) is -3.47. The summed E-state index contributed by atoms with van der Waals surface area (Å²) >= 11 is 0. The minimum absolute atomic E-state index is 0.0581. The Kier molecular flexibility index (Phi) is 5.75. The van der Waals surface area contributed by atoms with Crippen molar-refractivity contribution >= 4 is 15.9 Å². The molecule has 1 heterocycles. The Morgan fingerprint density at radius 2 is 1.78 bits per heavy atom. The van der Waals surface area contributed by atoms with Crippen molar-refractivity contribution in [3.63, 3.8) is 0 Å². The van der Waals surface area contributed by atoms with Crippen molar-refractivity contribution < 1.29 is 17.6 Å². The molecule has 1 aliphatic rings. The lowest BCUT2D eigenvalue weighted by Gasteiger charge is -2.23. The average molecular weight is 342 g/mol. The standard InChI is InChI=1S/C16H23FN2O3S/c1-13(2)16(20)18-8-3-9-19(11-10-18)23(21,22)12-14-4-6-15(17)7-5-14/h4-7,13H,3,8-12H2,1-2H3. The fourth-order valence-corrected chi connectivity index (χ4v) is 4.20. The Bertz CT molecular complexity index is 644. The van der Waals surface area contributed by atoms with Crippen molar-refractivity contribution in [1.82, 2.24) is 9.21 Å². The van der Waals surface area contributed by atoms with Crippen LogP contribution in [0.15, 0.2) is 24.3 Å². The van der Waals surface area contributed by atoms with Gasteiger partial charge >= 0.3 is 0 Å². The number of sulfonamides is 1. The van der Waals surface area contributed by atoms with Gasteiger partial charge < -0.3 is 4.90 Å². The van der Waals surface area contributed by atoms with Crippen molar-refractivity contribution in [1.29, 1.82) is 0 Å². The largest absolute Gasteiger partial charge is 0.341 e. The lowest BCUT2D eigenvalue weighted by Crippen LogP contribution is -2.39. The molecule has 0 bridgehead atoms. The minimum Gasteiger partial charge on any atom is -0.341 e. The number of rotatable bonds is 4. The maximum absolute atomic E-state index is 12.9. The molecule has 128 valence electrons. The van der Waals surface area contributed by atoms with Crippen LogP contribution >= 0.6 is 0 Å². The van der Waals surface area contributed by atoms with Gasteiger partial charge in [0.2, 0.25) is 15.9 Å². The minimum atomic E-state index is -3.47. The summed E-state index contributed by atoms with van der Waals surface area (Å²) in [6.45, 7) is 5.40. The second-order valence-corrected chi connectivity index (χ2v) is 8.08. The van der Waals surface area contributed by atoms with Gasteiger partial charge in [0.25, 0.3) is 0 Å². The zero-order valence-corrected chi connectivity index (χ0v) is 14.4. The molecule has 1 aromatic carbocycles. The van der Waals surface area contributed by atoms with E-state index in [1.165, 1.54) is 28.6 Å². The van der Waals surface area contributed by atoms with E-state index in [0.717, 1.165) is 0 Å². The van der Waals surface area contributed by atoms with E-state index in [2.05, 4.69) is 0 Å². The van der Waals surface area contributed by atoms with Crippen LogP contribution in [0.3, 0.4) is 0 Å². The van der Waals surface area contributed by atoms with Crippen LogP contribution < -0.4 is 0 Å². The van der Waals surface area contributed by atoms with E-state index in [1.807, 2.05) is 13.8 Å². The SMILES string of the molecule is CC(C)C(=O)N1CCCN(S(=O)(=O)Cc2ccc(F)cc2)CC1. The first-order valence-electron chi connectivity index (χ1n) is 7.80. The second kappa shape index (κ2) is 7.40. The molecule has 1 fully saturated rings. The van der Waals surface area contributed by atoms with Crippen molar-refractivity contribution in [3.8, 4) is 0 Å². The van der Waals surface area contributed by atoms with E-state index < -0.39 is 10.0 Å². The maximum Gasteiger partial charge on any atom is 0.225 e. The van der Waals surface area contributed by atoms with Crippen molar-refractivity contribution in [2.75, 3.05) is 26.2 Å². The van der Waals surface area contributed by atoms with Gasteiger partial charge in [0.15, 0.2) is 0 Å². The third-order valence-corrected chi connectivity index (χ3v) is 5.77. The van der Waals surface area contributed by atoms with E-state index >= 15 is 0 Å². The average Bonchev–Trinajstić information content (AvgIpc) is 2.75. The van der Waals surface area contributed by atoms with E-state index in [-0.39, 0.29) is 23.4 Å². The summed E-state index contributed by atoms with van der Waals surface area (Å²) < 4.78 is 39.4. The molecular formula is C16H23FN2O3S. The predicted molar refractivity (Wildman–Crippen MR) is 86.6 cm³/mol. The van der Waals surface area contributed by atoms with Crippen molar-refractivity contribution in [2.45, 2.75) is 26.0 Å². The topological polar surface area (TPSA) is 57.7 Å². The van der Waals surface area contributed by atoms with Crippen LogP contribution in [-0.2, 0) is 20.6 Å². The Hall–Kier alpha value is -1.47. The van der Waals surface area contributed by atoms with Crippen molar-refractivity contribution in [2.24, 2.45) is 5.92 Å². The van der Waals surface area contributed by atoms with Crippen LogP contribution in [0.4, 0.5) is 4.39 Å². The van der Waals surface area contributed by atoms with E-state index in [0.29, 0.717) is 38.2 Å². The smallest absolute Gasteiger partial charge is 0.225 e. The van der Waals surface area contributed by atoms with Gasteiger partial charge in [-0.15, -0.1) is 0 Å². The van der Waals surface area contributed by atoms with Gasteiger partial charge in [0.05, 0.1) is 5.75 Å². The lowest BCUT2D eigenvalue weighted by atomic mass is 10.2. The molecule has 0 saturated carbocycles. The molecular weight excluding hydrogens is 319 g/mol. The molecule has 0 unspecified atom stereocenters. The van der Waals surface area contributed by atoms with Gasteiger partial charge in [0, 0.05) is 32.1 Å². The summed E-state index contributed by atoms with van der Waals surface area (Å²) in [5.41, 5.74) is 0.561. The highest BCUT2D eigenvalue weighted by molar-refractivity contribution is 7.88. The second-order valence-electron chi connectivity index (χ2n) is 6.12. The van der Waals surface area contributed by atoms with Gasteiger partial charge in [-0.05, 0) is 24.1 Å². The molecule has 1 amide bonds. The number of halogens is 1. The Morgan fingerprint density at radius 1 is 1.13 bits per heavy atom. The number of hydrogen-bond donors (Lipinski definition) is 0. The number of carbonyl (C=O) groups excluding carboxylic acids is 1. The number of carbonyl (C=O) groups is 1. The van der Waals surface area contributed by atoms with Gasteiger partial charge in [-0.1, -0.05) is 26.0 Å². The van der Waals surface area contributed by atoms with Crippen LogP contribution in [0.25, 0.3) is 0 Å². The highest BCUT2D eigenvalue weighted by atomic mass is 32.2. The fourth-order valence-electron chi connectivity index (χ4n) is 2.64. The molecule has 23 heavy (non-hydrogen) atoms. The zero-order valence-electron chi connectivity index (χ0n) is 13.5. The molecule has 0 N–H and O–H groups in total. The van der Waals surface area contributed by atoms with Crippen LogP contribution in [0.5, 0.6) is 0 Å². The highest BCUT2D eigenvalue weighted by Crippen LogP contribution is 2.15. The number of benzene rings is 1. The molecule has 1 saturated heterocycles. The van der Waals surface area contributed by atoms with Crippen LogP contribution in [-0.4, -0.2) is 49.7 Å². The molecule has 0 radical (unpaired) electrons. The molecule has 0 atom stereocenters. The molecule has 5 nitrogen and oxygen atoms in total. The van der Waals surface area contributed by atoms with Gasteiger partial charge in [-0.25, -0.2) is 12.8 Å². The lowest BCUT2D eigenvalue weighted by molar-refractivity contribution is -0.134. The highest BCUT2D eigenvalue weighted by Gasteiger charge is 2.27. The van der Waals surface area contributed by atoms with E-state index in [4.69, 9.17) is 0 Å². The first-order chi connectivity index (χ1) is 10.8. The Balaban J connectivity index is 2.03. The monoisotopic (exact) mass is 342 g/mol. The molecule has 0 aliphatic carbocycles. The van der Waals surface area contributed by atoms with Crippen LogP contribution in [0, 0.1) is 11.7 Å². The Morgan fingerprint density at radius 3 is 2.39 bits per heavy atom. The summed E-state index contributed by atoms with van der Waals surface area (Å²) in [5.74, 6) is -0.560. The molecule has 1 aliphatic heterocycles. The summed E-state index contributed by atoms with van der Waals surface area (Å²) in [4.78, 5) is 13.8. The predicted octanol–water partition coefficient (Wildman–Crippen LogP) is 1.85. The number of amides is 1. The van der Waals surface area contributed by atoms with Gasteiger partial charge in [-0.2, -0.15) is 4.31 Å². The zero-order chi connectivity index (χ0) is 17.0. The summed E-state index contributed by atoms with van der Waals surface area (Å²) in [6.07, 6.45) is 0.626. The quantitative estimate of drug-likeness (QED) is 0.839. The molecule has 7 heteroatoms. The molecule has 0 spiro atoms. The third kappa shape index (κ3) is 4.75. The van der Waals surface area contributed by atoms with Crippen LogP contribution in [0.2, 0.25) is 0 Å². The van der Waals surface area contributed by atoms with Gasteiger partial charge in [-0.3, -0.25) is 4.79 Å².